The Balaban J connectivity index is 1.68. The minimum absolute atomic E-state index is 0.0778. The summed E-state index contributed by atoms with van der Waals surface area (Å²) in [5.41, 5.74) is 8.96. The average molecular weight is 384 g/mol. The maximum atomic E-state index is 12.1. The lowest BCUT2D eigenvalue weighted by molar-refractivity contribution is -0.0900. The molecule has 0 aromatic heterocycles. The van der Waals surface area contributed by atoms with Crippen LogP contribution in [0, 0.1) is 23.7 Å². The molecular weight excluding hydrogens is 354 g/mol. The Bertz CT molecular complexity index is 830. The lowest BCUT2D eigenvalue weighted by atomic mass is 9.54. The molecule has 1 aromatic carbocycles. The number of thiocarbonyl (C=S) groups is 1. The van der Waals surface area contributed by atoms with E-state index in [-0.39, 0.29) is 28.5 Å². The molecule has 0 amide bonds. The molecule has 4 N–H and O–H groups in total. The van der Waals surface area contributed by atoms with Crippen LogP contribution in [-0.4, -0.2) is 20.8 Å². The van der Waals surface area contributed by atoms with Gasteiger partial charge >= 0.3 is 0 Å². The number of aliphatic hydroxyl groups is 1. The first-order valence-corrected chi connectivity index (χ1v) is 10.9. The molecule has 4 aliphatic carbocycles. The van der Waals surface area contributed by atoms with Crippen molar-refractivity contribution in [3.63, 3.8) is 0 Å². The standard InChI is InChI=1S/C23H29NO2S/c1-12-8-9-23(26)18-11-15-5-7-17(22(24)27)21(25)19(15)20(23)16(12)6-4-14(18)10-13-2-3-13/h5,7,13-14,16,18,20,25-26H,1-4,6,8-11H2,(H2,24,27). The second-order valence-electron chi connectivity index (χ2n) is 9.46. The summed E-state index contributed by atoms with van der Waals surface area (Å²) in [4.78, 5) is 0.216. The van der Waals surface area contributed by atoms with Crippen molar-refractivity contribution in [1.82, 2.24) is 0 Å². The van der Waals surface area contributed by atoms with Crippen LogP contribution in [0.25, 0.3) is 0 Å². The second-order valence-corrected chi connectivity index (χ2v) is 9.90. The minimum Gasteiger partial charge on any atom is -0.507 e. The fourth-order valence-electron chi connectivity index (χ4n) is 6.54. The summed E-state index contributed by atoms with van der Waals surface area (Å²) in [5, 5.41) is 23.1. The van der Waals surface area contributed by atoms with Crippen molar-refractivity contribution in [3.05, 3.63) is 41.0 Å². The SMILES string of the molecule is C=C1CCC2(O)C3Cc4ccc(C(N)=S)c(O)c4C2C1CCC3CC1CC1. The highest BCUT2D eigenvalue weighted by atomic mass is 32.1. The van der Waals surface area contributed by atoms with Gasteiger partial charge in [-0.25, -0.2) is 0 Å². The summed E-state index contributed by atoms with van der Waals surface area (Å²) in [5.74, 6) is 2.08. The van der Waals surface area contributed by atoms with Crippen LogP contribution in [0.4, 0.5) is 0 Å². The first-order valence-electron chi connectivity index (χ1n) is 10.4. The fourth-order valence-corrected chi connectivity index (χ4v) is 6.71. The summed E-state index contributed by atoms with van der Waals surface area (Å²) in [7, 11) is 0. The molecular formula is C23H29NO2S. The van der Waals surface area contributed by atoms with Gasteiger partial charge in [0.25, 0.3) is 0 Å². The fraction of sp³-hybridized carbons (Fsp3) is 0.609. The molecule has 0 spiro atoms. The number of allylic oxidation sites excluding steroid dienone is 1. The van der Waals surface area contributed by atoms with Gasteiger partial charge in [0.15, 0.2) is 0 Å². The monoisotopic (exact) mass is 383 g/mol. The Labute approximate surface area is 166 Å². The normalized spacial score (nSPS) is 37.4. The molecule has 1 aromatic rings. The Morgan fingerprint density at radius 3 is 2.74 bits per heavy atom. The number of rotatable bonds is 3. The molecule has 0 aliphatic heterocycles. The molecule has 3 saturated carbocycles. The molecule has 5 rings (SSSR count). The van der Waals surface area contributed by atoms with E-state index < -0.39 is 5.60 Å². The van der Waals surface area contributed by atoms with Gasteiger partial charge in [0.05, 0.1) is 11.2 Å². The van der Waals surface area contributed by atoms with E-state index in [1.807, 2.05) is 6.07 Å². The average Bonchev–Trinajstić information content (AvgIpc) is 3.43. The topological polar surface area (TPSA) is 66.5 Å². The van der Waals surface area contributed by atoms with Crippen molar-refractivity contribution in [2.75, 3.05) is 0 Å². The van der Waals surface area contributed by atoms with Crippen LogP contribution < -0.4 is 5.73 Å². The zero-order valence-corrected chi connectivity index (χ0v) is 16.6. The van der Waals surface area contributed by atoms with E-state index in [1.165, 1.54) is 36.8 Å². The number of aromatic hydroxyl groups is 1. The minimum atomic E-state index is -0.749. The second kappa shape index (κ2) is 6.05. The molecule has 144 valence electrons. The van der Waals surface area contributed by atoms with Crippen molar-refractivity contribution in [2.45, 2.75) is 62.9 Å². The number of phenols is 1. The zero-order chi connectivity index (χ0) is 18.9. The van der Waals surface area contributed by atoms with Crippen LogP contribution in [0.5, 0.6) is 5.75 Å². The molecule has 5 unspecified atom stereocenters. The van der Waals surface area contributed by atoms with Crippen LogP contribution in [0.2, 0.25) is 0 Å². The smallest absolute Gasteiger partial charge is 0.129 e. The summed E-state index contributed by atoms with van der Waals surface area (Å²) in [6.07, 6.45) is 8.71. The molecule has 4 heteroatoms. The van der Waals surface area contributed by atoms with Gasteiger partial charge in [-0.05, 0) is 73.8 Å². The lowest BCUT2D eigenvalue weighted by Crippen LogP contribution is -2.53. The van der Waals surface area contributed by atoms with Gasteiger partial charge in [-0.3, -0.25) is 0 Å². The number of hydrogen-bond donors (Lipinski definition) is 3. The molecule has 3 nitrogen and oxygen atoms in total. The van der Waals surface area contributed by atoms with Crippen molar-refractivity contribution in [3.8, 4) is 5.75 Å². The van der Waals surface area contributed by atoms with Gasteiger partial charge < -0.3 is 15.9 Å². The molecule has 0 saturated heterocycles. The molecule has 0 radical (unpaired) electrons. The predicted molar refractivity (Wildman–Crippen MR) is 111 cm³/mol. The van der Waals surface area contributed by atoms with E-state index in [0.29, 0.717) is 11.5 Å². The van der Waals surface area contributed by atoms with Crippen molar-refractivity contribution in [2.24, 2.45) is 29.4 Å². The van der Waals surface area contributed by atoms with E-state index in [4.69, 9.17) is 18.0 Å². The summed E-state index contributed by atoms with van der Waals surface area (Å²) < 4.78 is 0. The lowest BCUT2D eigenvalue weighted by Gasteiger charge is -2.53. The summed E-state index contributed by atoms with van der Waals surface area (Å²) in [6.45, 7) is 4.37. The molecule has 4 aliphatic rings. The van der Waals surface area contributed by atoms with Crippen LogP contribution in [-0.2, 0) is 6.42 Å². The first kappa shape index (κ1) is 17.7. The van der Waals surface area contributed by atoms with E-state index in [0.717, 1.165) is 37.2 Å². The third-order valence-electron chi connectivity index (χ3n) is 8.03. The van der Waals surface area contributed by atoms with Crippen molar-refractivity contribution in [1.29, 1.82) is 0 Å². The van der Waals surface area contributed by atoms with Crippen LogP contribution in [0.15, 0.2) is 24.3 Å². The van der Waals surface area contributed by atoms with Gasteiger partial charge in [-0.2, -0.15) is 0 Å². The van der Waals surface area contributed by atoms with E-state index >= 15 is 0 Å². The number of fused-ring (bicyclic) bond motifs is 1. The third kappa shape index (κ3) is 2.60. The van der Waals surface area contributed by atoms with Crippen molar-refractivity contribution < 1.29 is 10.2 Å². The molecule has 4 bridgehead atoms. The maximum Gasteiger partial charge on any atom is 0.129 e. The zero-order valence-electron chi connectivity index (χ0n) is 15.8. The Morgan fingerprint density at radius 2 is 2.04 bits per heavy atom. The Hall–Kier alpha value is -1.39. The van der Waals surface area contributed by atoms with Crippen molar-refractivity contribution >= 4 is 17.2 Å². The molecule has 0 heterocycles. The quantitative estimate of drug-likeness (QED) is 0.541. The van der Waals surface area contributed by atoms with Crippen LogP contribution in [0.1, 0.15) is 67.6 Å². The largest absolute Gasteiger partial charge is 0.507 e. The van der Waals surface area contributed by atoms with Gasteiger partial charge in [-0.1, -0.05) is 43.3 Å². The highest BCUT2D eigenvalue weighted by molar-refractivity contribution is 7.80. The Morgan fingerprint density at radius 1 is 1.26 bits per heavy atom. The predicted octanol–water partition coefficient (Wildman–Crippen LogP) is 4.19. The highest BCUT2D eigenvalue weighted by Crippen LogP contribution is 2.62. The van der Waals surface area contributed by atoms with Gasteiger partial charge in [-0.15, -0.1) is 0 Å². The summed E-state index contributed by atoms with van der Waals surface area (Å²) in [6, 6.07) is 3.95. The van der Waals surface area contributed by atoms with Gasteiger partial charge in [0.2, 0.25) is 0 Å². The van der Waals surface area contributed by atoms with E-state index in [1.54, 1.807) is 0 Å². The number of nitrogens with two attached hydrogens (primary N) is 1. The molecule has 5 atom stereocenters. The van der Waals surface area contributed by atoms with E-state index in [2.05, 4.69) is 12.6 Å². The highest BCUT2D eigenvalue weighted by Gasteiger charge is 2.58. The third-order valence-corrected chi connectivity index (χ3v) is 8.25. The number of benzene rings is 1. The first-order chi connectivity index (χ1) is 12.9. The summed E-state index contributed by atoms with van der Waals surface area (Å²) >= 11 is 5.16. The number of hydrogen-bond acceptors (Lipinski definition) is 3. The Kier molecular flexibility index (Phi) is 3.97. The van der Waals surface area contributed by atoms with Crippen LogP contribution in [0.3, 0.4) is 0 Å². The molecule has 27 heavy (non-hydrogen) atoms. The van der Waals surface area contributed by atoms with E-state index in [9.17, 15) is 10.2 Å². The molecule has 3 fully saturated rings. The maximum absolute atomic E-state index is 12.1. The van der Waals surface area contributed by atoms with Crippen LogP contribution >= 0.6 is 12.2 Å². The van der Waals surface area contributed by atoms with Gasteiger partial charge in [0, 0.05) is 11.5 Å². The number of phenolic OH excluding ortho intramolecular Hbond substituents is 1. The van der Waals surface area contributed by atoms with Gasteiger partial charge in [0.1, 0.15) is 10.7 Å².